The molecule has 0 amide bonds. The van der Waals surface area contributed by atoms with Gasteiger partial charge in [-0.2, -0.15) is 13.2 Å². The number of alkyl halides is 3. The van der Waals surface area contributed by atoms with Crippen molar-refractivity contribution in [1.82, 2.24) is 0 Å². The summed E-state index contributed by atoms with van der Waals surface area (Å²) < 4.78 is 53.4. The van der Waals surface area contributed by atoms with E-state index >= 15 is 0 Å². The normalized spacial score (nSPS) is 13.8. The maximum Gasteiger partial charge on any atom is 0.507 e. The first-order chi connectivity index (χ1) is 3.81. The van der Waals surface area contributed by atoms with Crippen LogP contribution < -0.4 is 0 Å². The van der Waals surface area contributed by atoms with Crippen molar-refractivity contribution >= 4 is 38.0 Å². The third-order valence-corrected chi connectivity index (χ3v) is 6.42. The summed E-state index contributed by atoms with van der Waals surface area (Å²) in [5.41, 5.74) is -5.13. The molecule has 2 nitrogen and oxygen atoms in total. The van der Waals surface area contributed by atoms with Gasteiger partial charge in [-0.05, 0) is 0 Å². The molecule has 0 rings (SSSR count). The van der Waals surface area contributed by atoms with Gasteiger partial charge in [-0.25, -0.2) is 8.42 Å². The van der Waals surface area contributed by atoms with Gasteiger partial charge in [0.15, 0.2) is 0 Å². The van der Waals surface area contributed by atoms with Crippen molar-refractivity contribution in [2.24, 2.45) is 0 Å². The first kappa shape index (κ1) is 9.82. The maximum absolute atomic E-state index is 11.2. The minimum atomic E-state index is -5.13. The van der Waals surface area contributed by atoms with Crippen LogP contribution in [0, 0.1) is 0 Å². The van der Waals surface area contributed by atoms with Crippen LogP contribution >= 0.6 is 29.2 Å². The highest BCUT2D eigenvalue weighted by Gasteiger charge is 2.45. The Morgan fingerprint density at radius 2 is 1.67 bits per heavy atom. The van der Waals surface area contributed by atoms with Crippen molar-refractivity contribution < 1.29 is 21.6 Å². The number of rotatable bonds is 1. The summed E-state index contributed by atoms with van der Waals surface area (Å²) in [6.45, 7) is 0. The zero-order chi connectivity index (χ0) is 7.71. The molecule has 0 aliphatic heterocycles. The Bertz CT molecular complexity index is 180. The number of hydrogen-bond acceptors (Lipinski definition) is 3. The average molecular weight is 292 g/mol. The van der Waals surface area contributed by atoms with E-state index in [1.54, 1.807) is 0 Å². The molecular weight excluding hydrogens is 292 g/mol. The lowest BCUT2D eigenvalue weighted by atomic mass is 11.6. The molecule has 0 heterocycles. The van der Waals surface area contributed by atoms with Crippen LogP contribution in [0.4, 0.5) is 13.2 Å². The Balaban J connectivity index is 4.57. The Labute approximate surface area is 65.1 Å². The van der Waals surface area contributed by atoms with E-state index in [-0.39, 0.29) is 7.97 Å². The van der Waals surface area contributed by atoms with Crippen molar-refractivity contribution in [2.75, 3.05) is 0 Å². The molecule has 0 aromatic carbocycles. The fraction of sp³-hybridized carbons (Fsp3) is 1.00. The lowest BCUT2D eigenvalue weighted by Gasteiger charge is -2.01. The molecule has 9 heavy (non-hydrogen) atoms. The van der Waals surface area contributed by atoms with E-state index in [1.165, 1.54) is 0 Å². The minimum Gasteiger partial charge on any atom is -0.207 e. The highest BCUT2D eigenvalue weighted by Crippen LogP contribution is 2.35. The molecule has 0 fully saturated rings. The van der Waals surface area contributed by atoms with Gasteiger partial charge in [-0.3, -0.25) is 0 Å². The fourth-order valence-electron chi connectivity index (χ4n) is 0.0357. The van der Waals surface area contributed by atoms with E-state index in [2.05, 4.69) is 0 Å². The van der Waals surface area contributed by atoms with E-state index in [1.807, 2.05) is 0 Å². The zero-order valence-corrected chi connectivity index (χ0v) is 7.44. The van der Waals surface area contributed by atoms with Gasteiger partial charge < -0.3 is 0 Å². The summed E-state index contributed by atoms with van der Waals surface area (Å²) in [6, 6.07) is 0. The largest absolute Gasteiger partial charge is 0.507 e. The summed E-state index contributed by atoms with van der Waals surface area (Å²) in [4.78, 5) is 0. The summed E-state index contributed by atoms with van der Waals surface area (Å²) >= 11 is 1.06. The van der Waals surface area contributed by atoms with Crippen molar-refractivity contribution in [2.45, 2.75) is 5.51 Å². The Hall–Kier alpha value is 0.820. The molecule has 0 bridgehead atoms. The van der Waals surface area contributed by atoms with Crippen LogP contribution in [0.15, 0.2) is 0 Å². The molecule has 0 N–H and O–H groups in total. The van der Waals surface area contributed by atoms with Crippen molar-refractivity contribution in [1.29, 1.82) is 0 Å². The van der Waals surface area contributed by atoms with Crippen LogP contribution in [0.1, 0.15) is 0 Å². The van der Waals surface area contributed by atoms with Gasteiger partial charge in [-0.15, -0.1) is 0 Å². The quantitative estimate of drug-likeness (QED) is 0.547. The standard InChI is InChI=1S/CF3IO2S2/c2-1(3,4)9(6,7)8-5. The molecule has 0 aliphatic carbocycles. The van der Waals surface area contributed by atoms with Gasteiger partial charge >= 0.3 is 14.4 Å². The van der Waals surface area contributed by atoms with Crippen LogP contribution in [-0.4, -0.2) is 13.9 Å². The second-order valence-corrected chi connectivity index (χ2v) is 7.39. The molecule has 8 heteroatoms. The smallest absolute Gasteiger partial charge is 0.207 e. The molecule has 0 aromatic heterocycles. The molecular formula is CF3IO2S2. The summed E-state index contributed by atoms with van der Waals surface area (Å²) in [6.07, 6.45) is 0. The van der Waals surface area contributed by atoms with Crippen molar-refractivity contribution in [3.63, 3.8) is 0 Å². The zero-order valence-electron chi connectivity index (χ0n) is 3.64. The second-order valence-electron chi connectivity index (χ2n) is 0.963. The first-order valence-corrected chi connectivity index (χ1v) is 6.78. The highest BCUT2D eigenvalue weighted by molar-refractivity contribution is 14.2. The summed E-state index contributed by atoms with van der Waals surface area (Å²) in [5, 5.41) is 0. The minimum absolute atomic E-state index is 0.249. The lowest BCUT2D eigenvalue weighted by Crippen LogP contribution is -2.17. The number of halogens is 4. The van der Waals surface area contributed by atoms with Gasteiger partial charge in [0.1, 0.15) is 0 Å². The molecule has 0 unspecified atom stereocenters. The third kappa shape index (κ3) is 2.50. The molecule has 0 saturated heterocycles. The molecule has 0 saturated carbocycles. The van der Waals surface area contributed by atoms with E-state index in [9.17, 15) is 21.6 Å². The van der Waals surface area contributed by atoms with Crippen LogP contribution in [0.25, 0.3) is 0 Å². The van der Waals surface area contributed by atoms with Crippen LogP contribution in [0.3, 0.4) is 0 Å². The third-order valence-electron chi connectivity index (χ3n) is 0.366. The predicted molar refractivity (Wildman–Crippen MR) is 36.6 cm³/mol. The SMILES string of the molecule is O=S(=O)(SI)C(F)(F)F. The average Bonchev–Trinajstić information content (AvgIpc) is 1.64. The summed E-state index contributed by atoms with van der Waals surface area (Å²) in [5.74, 6) is 0. The van der Waals surface area contributed by atoms with Crippen LogP contribution in [0.5, 0.6) is 0 Å². The van der Waals surface area contributed by atoms with Gasteiger partial charge in [0.05, 0.1) is 7.97 Å². The molecule has 0 atom stereocenters. The molecule has 0 spiro atoms. The monoisotopic (exact) mass is 292 g/mol. The molecule has 0 radical (unpaired) electrons. The highest BCUT2D eigenvalue weighted by atomic mass is 127. The Morgan fingerprint density at radius 3 is 1.67 bits per heavy atom. The van der Waals surface area contributed by atoms with Crippen LogP contribution in [-0.2, 0) is 8.87 Å². The van der Waals surface area contributed by atoms with E-state index in [4.69, 9.17) is 0 Å². The van der Waals surface area contributed by atoms with Crippen molar-refractivity contribution in [3.8, 4) is 0 Å². The van der Waals surface area contributed by atoms with Gasteiger partial charge in [0.25, 0.3) is 0 Å². The summed E-state index contributed by atoms with van der Waals surface area (Å²) in [7, 11) is -5.18. The fourth-order valence-corrected chi connectivity index (χ4v) is 2.16. The topological polar surface area (TPSA) is 34.1 Å². The van der Waals surface area contributed by atoms with Gasteiger partial charge in [0, 0.05) is 21.2 Å². The number of hydrogen-bond donors (Lipinski definition) is 0. The van der Waals surface area contributed by atoms with Gasteiger partial charge in [-0.1, -0.05) is 0 Å². The first-order valence-electron chi connectivity index (χ1n) is 1.43. The van der Waals surface area contributed by atoms with E-state index < -0.39 is 14.4 Å². The van der Waals surface area contributed by atoms with Crippen LogP contribution in [0.2, 0.25) is 0 Å². The molecule has 0 aliphatic rings. The lowest BCUT2D eigenvalue weighted by molar-refractivity contribution is -0.0409. The maximum atomic E-state index is 11.2. The Morgan fingerprint density at radius 1 is 1.33 bits per heavy atom. The van der Waals surface area contributed by atoms with Gasteiger partial charge in [0.2, 0.25) is 0 Å². The molecule has 56 valence electrons. The molecule has 0 aromatic rings. The second kappa shape index (κ2) is 2.82. The van der Waals surface area contributed by atoms with E-state index in [0.29, 0.717) is 0 Å². The Kier molecular flexibility index (Phi) is 3.08. The van der Waals surface area contributed by atoms with Crippen molar-refractivity contribution in [3.05, 3.63) is 0 Å². The van der Waals surface area contributed by atoms with E-state index in [0.717, 1.165) is 21.2 Å². The predicted octanol–water partition coefficient (Wildman–Crippen LogP) is 1.92.